The molecule has 1 aliphatic rings. The fraction of sp³-hybridized carbons (Fsp3) is 1.00. The van der Waals surface area contributed by atoms with Crippen LogP contribution in [0.15, 0.2) is 0 Å². The third-order valence-corrected chi connectivity index (χ3v) is 2.80. The average Bonchev–Trinajstić information content (AvgIpc) is 2.19. The van der Waals surface area contributed by atoms with Gasteiger partial charge in [0.2, 0.25) is 0 Å². The lowest BCUT2D eigenvalue weighted by Crippen LogP contribution is -2.40. The van der Waals surface area contributed by atoms with Crippen LogP contribution >= 0.6 is 0 Å². The van der Waals surface area contributed by atoms with Crippen LogP contribution in [0, 0.1) is 0 Å². The number of piperidine rings is 1. The summed E-state index contributed by atoms with van der Waals surface area (Å²) in [5.74, 6) is 0. The van der Waals surface area contributed by atoms with Gasteiger partial charge in [-0.05, 0) is 38.9 Å². The second kappa shape index (κ2) is 7.34. The van der Waals surface area contributed by atoms with Crippen LogP contribution in [-0.4, -0.2) is 25.7 Å². The molecule has 0 bridgehead atoms. The SMILES string of the molecule is CCCCCCNC1CCNCC1. The summed E-state index contributed by atoms with van der Waals surface area (Å²) in [4.78, 5) is 0. The van der Waals surface area contributed by atoms with Gasteiger partial charge in [0.05, 0.1) is 0 Å². The van der Waals surface area contributed by atoms with Crippen molar-refractivity contribution >= 4 is 0 Å². The first-order valence-electron chi connectivity index (χ1n) is 5.87. The van der Waals surface area contributed by atoms with E-state index in [-0.39, 0.29) is 0 Å². The summed E-state index contributed by atoms with van der Waals surface area (Å²) in [5.41, 5.74) is 0. The number of hydrogen-bond acceptors (Lipinski definition) is 2. The van der Waals surface area contributed by atoms with E-state index in [2.05, 4.69) is 17.6 Å². The molecule has 0 aromatic rings. The van der Waals surface area contributed by atoms with Gasteiger partial charge < -0.3 is 10.6 Å². The van der Waals surface area contributed by atoms with Gasteiger partial charge in [0.15, 0.2) is 0 Å². The molecule has 78 valence electrons. The van der Waals surface area contributed by atoms with E-state index in [1.165, 1.54) is 58.2 Å². The Balaban J connectivity index is 1.86. The lowest BCUT2D eigenvalue weighted by atomic mass is 10.1. The van der Waals surface area contributed by atoms with Crippen LogP contribution < -0.4 is 10.6 Å². The lowest BCUT2D eigenvalue weighted by Gasteiger charge is -2.23. The highest BCUT2D eigenvalue weighted by Crippen LogP contribution is 2.03. The van der Waals surface area contributed by atoms with E-state index < -0.39 is 0 Å². The first-order valence-corrected chi connectivity index (χ1v) is 5.87. The molecule has 0 aliphatic carbocycles. The van der Waals surface area contributed by atoms with Crippen molar-refractivity contribution in [1.82, 2.24) is 10.6 Å². The Kier molecular flexibility index (Phi) is 6.21. The number of unbranched alkanes of at least 4 members (excludes halogenated alkanes) is 3. The van der Waals surface area contributed by atoms with Crippen molar-refractivity contribution < 1.29 is 0 Å². The normalized spacial score (nSPS) is 19.2. The number of rotatable bonds is 6. The Bertz CT molecular complexity index is 109. The molecule has 0 aromatic heterocycles. The zero-order chi connectivity index (χ0) is 9.36. The van der Waals surface area contributed by atoms with E-state index in [0.29, 0.717) is 0 Å². The maximum absolute atomic E-state index is 3.64. The summed E-state index contributed by atoms with van der Waals surface area (Å²) in [5, 5.41) is 7.03. The molecule has 0 spiro atoms. The van der Waals surface area contributed by atoms with Crippen molar-refractivity contribution in [3.63, 3.8) is 0 Å². The maximum Gasteiger partial charge on any atom is 0.00912 e. The van der Waals surface area contributed by atoms with Gasteiger partial charge in [0, 0.05) is 6.04 Å². The molecular formula is C11H24N2. The highest BCUT2D eigenvalue weighted by molar-refractivity contribution is 4.73. The Morgan fingerprint density at radius 3 is 2.62 bits per heavy atom. The first-order chi connectivity index (χ1) is 6.43. The van der Waals surface area contributed by atoms with Crippen LogP contribution in [0.25, 0.3) is 0 Å². The lowest BCUT2D eigenvalue weighted by molar-refractivity contribution is 0.383. The molecule has 13 heavy (non-hydrogen) atoms. The molecule has 0 radical (unpaired) electrons. The predicted octanol–water partition coefficient (Wildman–Crippen LogP) is 1.91. The maximum atomic E-state index is 3.64. The van der Waals surface area contributed by atoms with Gasteiger partial charge in [-0.15, -0.1) is 0 Å². The summed E-state index contributed by atoms with van der Waals surface area (Å²) in [6, 6.07) is 0.794. The molecule has 2 N–H and O–H groups in total. The van der Waals surface area contributed by atoms with Crippen LogP contribution in [0.1, 0.15) is 45.4 Å². The molecule has 0 amide bonds. The molecule has 0 aromatic carbocycles. The average molecular weight is 184 g/mol. The molecule has 0 unspecified atom stereocenters. The summed E-state index contributed by atoms with van der Waals surface area (Å²) < 4.78 is 0. The zero-order valence-electron chi connectivity index (χ0n) is 8.94. The van der Waals surface area contributed by atoms with Crippen molar-refractivity contribution in [2.24, 2.45) is 0 Å². The molecule has 0 saturated carbocycles. The molecule has 1 saturated heterocycles. The van der Waals surface area contributed by atoms with E-state index in [9.17, 15) is 0 Å². The van der Waals surface area contributed by atoms with Gasteiger partial charge in [0.1, 0.15) is 0 Å². The van der Waals surface area contributed by atoms with Crippen LogP contribution in [0.2, 0.25) is 0 Å². The van der Waals surface area contributed by atoms with E-state index in [4.69, 9.17) is 0 Å². The highest BCUT2D eigenvalue weighted by atomic mass is 15.0. The van der Waals surface area contributed by atoms with Gasteiger partial charge >= 0.3 is 0 Å². The number of nitrogens with one attached hydrogen (secondary N) is 2. The molecule has 1 heterocycles. The molecule has 1 fully saturated rings. The molecule has 1 aliphatic heterocycles. The predicted molar refractivity (Wildman–Crippen MR) is 58.0 cm³/mol. The smallest absolute Gasteiger partial charge is 0.00912 e. The minimum Gasteiger partial charge on any atom is -0.317 e. The monoisotopic (exact) mass is 184 g/mol. The molecular weight excluding hydrogens is 160 g/mol. The topological polar surface area (TPSA) is 24.1 Å². The van der Waals surface area contributed by atoms with Crippen LogP contribution in [0.5, 0.6) is 0 Å². The second-order valence-electron chi connectivity index (χ2n) is 4.04. The van der Waals surface area contributed by atoms with Gasteiger partial charge in [-0.25, -0.2) is 0 Å². The Morgan fingerprint density at radius 1 is 1.15 bits per heavy atom. The highest BCUT2D eigenvalue weighted by Gasteiger charge is 2.10. The van der Waals surface area contributed by atoms with Crippen molar-refractivity contribution in [3.8, 4) is 0 Å². The Hall–Kier alpha value is -0.0800. The minimum atomic E-state index is 0.794. The van der Waals surface area contributed by atoms with E-state index in [1.54, 1.807) is 0 Å². The minimum absolute atomic E-state index is 0.794. The summed E-state index contributed by atoms with van der Waals surface area (Å²) in [6.45, 7) is 5.89. The summed E-state index contributed by atoms with van der Waals surface area (Å²) in [7, 11) is 0. The largest absolute Gasteiger partial charge is 0.317 e. The van der Waals surface area contributed by atoms with Crippen molar-refractivity contribution in [2.75, 3.05) is 19.6 Å². The molecule has 0 atom stereocenters. The molecule has 1 rings (SSSR count). The third kappa shape index (κ3) is 5.27. The van der Waals surface area contributed by atoms with Gasteiger partial charge in [-0.3, -0.25) is 0 Å². The number of hydrogen-bond donors (Lipinski definition) is 2. The van der Waals surface area contributed by atoms with Crippen LogP contribution in [0.3, 0.4) is 0 Å². The van der Waals surface area contributed by atoms with Crippen LogP contribution in [0.4, 0.5) is 0 Å². The van der Waals surface area contributed by atoms with E-state index in [0.717, 1.165) is 6.04 Å². The quantitative estimate of drug-likeness (QED) is 0.616. The van der Waals surface area contributed by atoms with Crippen molar-refractivity contribution in [3.05, 3.63) is 0 Å². The van der Waals surface area contributed by atoms with Gasteiger partial charge in [0.25, 0.3) is 0 Å². The fourth-order valence-electron chi connectivity index (χ4n) is 1.88. The van der Waals surface area contributed by atoms with E-state index >= 15 is 0 Å². The van der Waals surface area contributed by atoms with Crippen LogP contribution in [-0.2, 0) is 0 Å². The summed E-state index contributed by atoms with van der Waals surface area (Å²) >= 11 is 0. The zero-order valence-corrected chi connectivity index (χ0v) is 8.94. The molecule has 2 heteroatoms. The van der Waals surface area contributed by atoms with Crippen molar-refractivity contribution in [1.29, 1.82) is 0 Å². The van der Waals surface area contributed by atoms with Gasteiger partial charge in [-0.2, -0.15) is 0 Å². The Morgan fingerprint density at radius 2 is 1.92 bits per heavy atom. The standard InChI is InChI=1S/C11H24N2/c1-2-3-4-5-8-13-11-6-9-12-10-7-11/h11-13H,2-10H2,1H3. The fourth-order valence-corrected chi connectivity index (χ4v) is 1.88. The van der Waals surface area contributed by atoms with E-state index in [1.807, 2.05) is 0 Å². The third-order valence-electron chi connectivity index (χ3n) is 2.80. The van der Waals surface area contributed by atoms with Crippen molar-refractivity contribution in [2.45, 2.75) is 51.5 Å². The molecule has 2 nitrogen and oxygen atoms in total. The summed E-state index contributed by atoms with van der Waals surface area (Å²) in [6.07, 6.45) is 8.12. The first kappa shape index (κ1) is 11.0. The Labute approximate surface area is 82.5 Å². The second-order valence-corrected chi connectivity index (χ2v) is 4.04. The van der Waals surface area contributed by atoms with Gasteiger partial charge in [-0.1, -0.05) is 26.2 Å².